The van der Waals surface area contributed by atoms with E-state index < -0.39 is 5.97 Å². The van der Waals surface area contributed by atoms with Crippen LogP contribution in [0, 0.1) is 0 Å². The molecule has 0 radical (unpaired) electrons. The van der Waals surface area contributed by atoms with E-state index >= 15 is 0 Å². The molecule has 0 unspecified atom stereocenters. The van der Waals surface area contributed by atoms with Crippen molar-refractivity contribution in [2.75, 3.05) is 0 Å². The van der Waals surface area contributed by atoms with Gasteiger partial charge in [-0.05, 0) is 6.92 Å². The second-order valence-corrected chi connectivity index (χ2v) is 1.16. The summed E-state index contributed by atoms with van der Waals surface area (Å²) in [5, 5.41) is 7.72. The molecule has 0 atom stereocenters. The molecule has 0 rings (SSSR count). The molecule has 0 saturated carbocycles. The summed E-state index contributed by atoms with van der Waals surface area (Å²) in [6.45, 7) is 6.85. The Morgan fingerprint density at radius 2 is 1.70 bits per heavy atom. The van der Waals surface area contributed by atoms with E-state index in [0.717, 1.165) is 0 Å². The molecule has 0 aromatic carbocycles. The van der Waals surface area contributed by atoms with E-state index in [1.807, 2.05) is 6.92 Å². The molecule has 10 heavy (non-hydrogen) atoms. The molecule has 4 nitrogen and oxygen atoms in total. The third-order valence-corrected chi connectivity index (χ3v) is 0.302. The lowest BCUT2D eigenvalue weighted by atomic mass is 10.5. The van der Waals surface area contributed by atoms with Crippen molar-refractivity contribution in [3.05, 3.63) is 12.7 Å². The highest BCUT2D eigenvalue weighted by Gasteiger charge is 1.80. The summed E-state index contributed by atoms with van der Waals surface area (Å²) in [5.74, 6) is -0.745. The van der Waals surface area contributed by atoms with E-state index in [4.69, 9.17) is 5.11 Å². The highest BCUT2D eigenvalue weighted by Crippen LogP contribution is 1.67. The molecule has 0 spiro atoms. The van der Waals surface area contributed by atoms with Crippen molar-refractivity contribution >= 4 is 5.97 Å². The first-order valence-electron chi connectivity index (χ1n) is 2.47. The van der Waals surface area contributed by atoms with Crippen LogP contribution in [0.25, 0.3) is 0 Å². The van der Waals surface area contributed by atoms with Gasteiger partial charge in [-0.1, -0.05) is 13.0 Å². The van der Waals surface area contributed by atoms with Crippen molar-refractivity contribution in [2.45, 2.75) is 20.3 Å². The quantitative estimate of drug-likeness (QED) is 0.497. The van der Waals surface area contributed by atoms with Gasteiger partial charge in [-0.2, -0.15) is 0 Å². The van der Waals surface area contributed by atoms with Crippen molar-refractivity contribution in [1.82, 2.24) is 12.3 Å². The SMILES string of the molecule is C=CC.CCC(=O)O.N.N. The van der Waals surface area contributed by atoms with Gasteiger partial charge in [-0.15, -0.1) is 6.58 Å². The molecule has 0 aromatic rings. The summed E-state index contributed by atoms with van der Waals surface area (Å²) in [4.78, 5) is 9.37. The van der Waals surface area contributed by atoms with Gasteiger partial charge < -0.3 is 17.4 Å². The smallest absolute Gasteiger partial charge is 0.303 e. The normalized spacial score (nSPS) is 5.00. The van der Waals surface area contributed by atoms with Gasteiger partial charge in [-0.25, -0.2) is 0 Å². The monoisotopic (exact) mass is 150 g/mol. The maximum atomic E-state index is 9.37. The van der Waals surface area contributed by atoms with E-state index in [-0.39, 0.29) is 18.7 Å². The predicted octanol–water partition coefficient (Wildman–Crippen LogP) is 2.00. The Kier molecular flexibility index (Phi) is 55.6. The van der Waals surface area contributed by atoms with E-state index in [1.54, 1.807) is 13.0 Å². The highest BCUT2D eigenvalue weighted by molar-refractivity contribution is 5.66. The lowest BCUT2D eigenvalue weighted by Gasteiger charge is -1.71. The standard InChI is InChI=1S/C3H6O2.C3H6.2H3N/c1-2-3(4)5;1-3-2;;/h2H2,1H3,(H,4,5);3H,1H2,2H3;2*1H3. The number of aliphatic carboxylic acids is 1. The molecule has 0 amide bonds. The van der Waals surface area contributed by atoms with Gasteiger partial charge in [0.1, 0.15) is 0 Å². The zero-order chi connectivity index (χ0) is 6.99. The van der Waals surface area contributed by atoms with Crippen molar-refractivity contribution in [2.24, 2.45) is 0 Å². The van der Waals surface area contributed by atoms with E-state index in [1.165, 1.54) is 0 Å². The van der Waals surface area contributed by atoms with Crippen LogP contribution in [0.5, 0.6) is 0 Å². The average Bonchev–Trinajstić information content (AvgIpc) is 1.69. The van der Waals surface area contributed by atoms with Crippen molar-refractivity contribution in [3.63, 3.8) is 0 Å². The minimum absolute atomic E-state index is 0. The van der Waals surface area contributed by atoms with E-state index in [2.05, 4.69) is 6.58 Å². The van der Waals surface area contributed by atoms with Crippen LogP contribution < -0.4 is 12.3 Å². The molecule has 0 saturated heterocycles. The zero-order valence-electron chi connectivity index (χ0n) is 6.76. The van der Waals surface area contributed by atoms with E-state index in [9.17, 15) is 4.79 Å². The first-order valence-corrected chi connectivity index (χ1v) is 2.47. The zero-order valence-corrected chi connectivity index (χ0v) is 6.76. The molecular weight excluding hydrogens is 132 g/mol. The van der Waals surface area contributed by atoms with Gasteiger partial charge in [0.25, 0.3) is 0 Å². The maximum absolute atomic E-state index is 9.37. The molecule has 0 aliphatic rings. The van der Waals surface area contributed by atoms with Crippen molar-refractivity contribution in [1.29, 1.82) is 0 Å². The lowest BCUT2D eigenvalue weighted by molar-refractivity contribution is -0.136. The summed E-state index contributed by atoms with van der Waals surface area (Å²) in [6.07, 6.45) is 1.97. The molecule has 0 bridgehead atoms. The number of allylic oxidation sites excluding steroid dienone is 1. The highest BCUT2D eigenvalue weighted by atomic mass is 16.4. The van der Waals surface area contributed by atoms with Crippen LogP contribution in [0.4, 0.5) is 0 Å². The molecule has 7 N–H and O–H groups in total. The van der Waals surface area contributed by atoms with Gasteiger partial charge in [0, 0.05) is 6.42 Å². The van der Waals surface area contributed by atoms with Gasteiger partial charge in [0.15, 0.2) is 0 Å². The number of carbonyl (C=O) groups is 1. The second-order valence-electron chi connectivity index (χ2n) is 1.16. The fourth-order valence-corrected chi connectivity index (χ4v) is 0. The lowest BCUT2D eigenvalue weighted by Crippen LogP contribution is -1.86. The molecular formula is C6H18N2O2. The first-order chi connectivity index (χ1) is 3.68. The van der Waals surface area contributed by atoms with Crippen LogP contribution in [-0.2, 0) is 4.79 Å². The van der Waals surface area contributed by atoms with Gasteiger partial charge in [0.05, 0.1) is 0 Å². The van der Waals surface area contributed by atoms with Crippen LogP contribution in [-0.4, -0.2) is 11.1 Å². The largest absolute Gasteiger partial charge is 0.481 e. The van der Waals surface area contributed by atoms with E-state index in [0.29, 0.717) is 0 Å². The van der Waals surface area contributed by atoms with Crippen molar-refractivity contribution < 1.29 is 9.90 Å². The number of hydrogen-bond donors (Lipinski definition) is 3. The molecule has 0 aliphatic carbocycles. The summed E-state index contributed by atoms with van der Waals surface area (Å²) in [7, 11) is 0. The molecule has 0 fully saturated rings. The molecule has 0 aliphatic heterocycles. The van der Waals surface area contributed by atoms with Crippen molar-refractivity contribution in [3.8, 4) is 0 Å². The van der Waals surface area contributed by atoms with Crippen LogP contribution >= 0.6 is 0 Å². The summed E-state index contributed by atoms with van der Waals surface area (Å²) < 4.78 is 0. The Balaban J connectivity index is -0.0000000326. The minimum atomic E-state index is -0.745. The Morgan fingerprint density at radius 1 is 1.60 bits per heavy atom. The molecule has 0 aromatic heterocycles. The average molecular weight is 150 g/mol. The predicted molar refractivity (Wildman–Crippen MR) is 43.8 cm³/mol. The Hall–Kier alpha value is -0.870. The minimum Gasteiger partial charge on any atom is -0.481 e. The van der Waals surface area contributed by atoms with Gasteiger partial charge >= 0.3 is 5.97 Å². The molecule has 4 heteroatoms. The fourth-order valence-electron chi connectivity index (χ4n) is 0. The van der Waals surface area contributed by atoms with Gasteiger partial charge in [0.2, 0.25) is 0 Å². The Morgan fingerprint density at radius 3 is 1.70 bits per heavy atom. The number of carboxylic acid groups (broad SMARTS) is 1. The number of carboxylic acids is 1. The van der Waals surface area contributed by atoms with Crippen LogP contribution in [0.3, 0.4) is 0 Å². The topological polar surface area (TPSA) is 107 Å². The summed E-state index contributed by atoms with van der Waals surface area (Å²) in [6, 6.07) is 0. The molecule has 0 heterocycles. The Labute approximate surface area is 62.1 Å². The van der Waals surface area contributed by atoms with Crippen LogP contribution in [0.15, 0.2) is 12.7 Å². The van der Waals surface area contributed by atoms with Gasteiger partial charge in [-0.3, -0.25) is 4.79 Å². The number of hydrogen-bond acceptors (Lipinski definition) is 3. The molecule has 64 valence electrons. The van der Waals surface area contributed by atoms with Crippen LogP contribution in [0.2, 0.25) is 0 Å². The second kappa shape index (κ2) is 24.2. The summed E-state index contributed by atoms with van der Waals surface area (Å²) in [5.41, 5.74) is 0. The van der Waals surface area contributed by atoms with Crippen LogP contribution in [0.1, 0.15) is 20.3 Å². The first kappa shape index (κ1) is 22.9. The third kappa shape index (κ3) is 210. The number of rotatable bonds is 1. The third-order valence-electron chi connectivity index (χ3n) is 0.302. The Bertz CT molecular complexity index is 74.1. The summed E-state index contributed by atoms with van der Waals surface area (Å²) >= 11 is 0. The fraction of sp³-hybridized carbons (Fsp3) is 0.500. The maximum Gasteiger partial charge on any atom is 0.303 e.